The summed E-state index contributed by atoms with van der Waals surface area (Å²) in [7, 11) is 0. The maximum Gasteiger partial charge on any atom is 0.205 e. The Hall–Kier alpha value is -0.810. The molecule has 7 heavy (non-hydrogen) atoms. The van der Waals surface area contributed by atoms with E-state index in [-0.39, 0.29) is 12.7 Å². The predicted octanol–water partition coefficient (Wildman–Crippen LogP) is -2.29. The van der Waals surface area contributed by atoms with Crippen molar-refractivity contribution in [2.45, 2.75) is 0 Å². The van der Waals surface area contributed by atoms with E-state index in [0.29, 0.717) is 0 Å². The second-order valence-electron chi connectivity index (χ2n) is 0.829. The van der Waals surface area contributed by atoms with Crippen molar-refractivity contribution in [1.29, 1.82) is 0 Å². The summed E-state index contributed by atoms with van der Waals surface area (Å²) in [5.74, 6) is 4.77. The minimum atomic E-state index is -0.337. The molecule has 0 aliphatic heterocycles. The summed E-state index contributed by atoms with van der Waals surface area (Å²) < 4.78 is 0. The molecule has 0 saturated heterocycles. The lowest BCUT2D eigenvalue weighted by molar-refractivity contribution is 0.308. The fourth-order valence-corrected chi connectivity index (χ4v) is 0.122. The highest BCUT2D eigenvalue weighted by molar-refractivity contribution is 5.76. The molecule has 6 N–H and O–H groups in total. The van der Waals surface area contributed by atoms with Crippen molar-refractivity contribution in [3.05, 3.63) is 0 Å². The smallest absolute Gasteiger partial charge is 0.205 e. The van der Waals surface area contributed by atoms with Crippen LogP contribution in [0, 0.1) is 0 Å². The Morgan fingerprint density at radius 1 is 1.86 bits per heavy atom. The van der Waals surface area contributed by atoms with Crippen LogP contribution in [0.3, 0.4) is 0 Å². The van der Waals surface area contributed by atoms with Gasteiger partial charge in [-0.05, 0) is 0 Å². The van der Waals surface area contributed by atoms with Crippen LogP contribution in [0.5, 0.6) is 0 Å². The average molecular weight is 104 g/mol. The van der Waals surface area contributed by atoms with Crippen molar-refractivity contribution in [3.63, 3.8) is 0 Å². The Kier molecular flexibility index (Phi) is 2.99. The third-order valence-electron chi connectivity index (χ3n) is 0.389. The van der Waals surface area contributed by atoms with Crippen molar-refractivity contribution in [1.82, 2.24) is 5.43 Å². The van der Waals surface area contributed by atoms with Gasteiger partial charge in [-0.1, -0.05) is 0 Å². The summed E-state index contributed by atoms with van der Waals surface area (Å²) in [5.41, 5.74) is 6.97. The monoisotopic (exact) mass is 104 g/mol. The summed E-state index contributed by atoms with van der Waals surface area (Å²) >= 11 is 0. The minimum Gasteiger partial charge on any atom is -0.374 e. The highest BCUT2D eigenvalue weighted by Gasteiger charge is 1.76. The maximum atomic E-state index is 8.00. The molecule has 0 fully saturated rings. The number of rotatable bonds is 1. The highest BCUT2D eigenvalue weighted by Crippen LogP contribution is 1.56. The second kappa shape index (κ2) is 3.38. The van der Waals surface area contributed by atoms with Gasteiger partial charge in [0.25, 0.3) is 0 Å². The van der Waals surface area contributed by atoms with Gasteiger partial charge in [0.05, 0.1) is 0 Å². The summed E-state index contributed by atoms with van der Waals surface area (Å²) in [6, 6.07) is 0. The van der Waals surface area contributed by atoms with Gasteiger partial charge in [-0.3, -0.25) is 5.43 Å². The van der Waals surface area contributed by atoms with Gasteiger partial charge in [0.15, 0.2) is 0 Å². The van der Waals surface area contributed by atoms with Crippen molar-refractivity contribution in [3.8, 4) is 0 Å². The van der Waals surface area contributed by atoms with Gasteiger partial charge in [-0.15, -0.1) is 0 Å². The molecule has 0 spiro atoms. The van der Waals surface area contributed by atoms with Crippen LogP contribution in [0.25, 0.3) is 0 Å². The molecule has 0 atom stereocenters. The third-order valence-corrected chi connectivity index (χ3v) is 0.389. The summed E-state index contributed by atoms with van der Waals surface area (Å²) in [4.78, 5) is 3.26. The summed E-state index contributed by atoms with van der Waals surface area (Å²) in [6.07, 6.45) is 0. The molecule has 42 valence electrons. The molecule has 0 rings (SSSR count). The zero-order chi connectivity index (χ0) is 5.70. The van der Waals surface area contributed by atoms with Gasteiger partial charge in [-0.25, -0.2) is 10.8 Å². The molecule has 0 aliphatic rings. The first kappa shape index (κ1) is 6.19. The molecule has 0 aromatic rings. The van der Waals surface area contributed by atoms with Gasteiger partial charge >= 0.3 is 0 Å². The Morgan fingerprint density at radius 2 is 2.43 bits per heavy atom. The normalized spacial score (nSPS) is 11.4. The van der Waals surface area contributed by atoms with Gasteiger partial charge in [0, 0.05) is 0 Å². The van der Waals surface area contributed by atoms with Gasteiger partial charge in [0.2, 0.25) is 5.96 Å². The number of nitrogens with two attached hydrogens (primary N) is 2. The van der Waals surface area contributed by atoms with Crippen molar-refractivity contribution in [2.24, 2.45) is 16.6 Å². The average Bonchev–Trinajstić information content (AvgIpc) is 1.68. The quantitative estimate of drug-likeness (QED) is 0.130. The number of hydrogen-bond donors (Lipinski definition) is 4. The molecule has 0 amide bonds. The number of aliphatic imine (C=N–C) groups is 1. The van der Waals surface area contributed by atoms with Gasteiger partial charge in [-0.2, -0.15) is 0 Å². The number of guanidine groups is 1. The van der Waals surface area contributed by atoms with E-state index in [9.17, 15) is 0 Å². The van der Waals surface area contributed by atoms with E-state index in [1.54, 1.807) is 0 Å². The second-order valence-corrected chi connectivity index (χ2v) is 0.829. The fraction of sp³-hybridized carbons (Fsp3) is 0.500. The Morgan fingerprint density at radius 3 is 2.57 bits per heavy atom. The van der Waals surface area contributed by atoms with Crippen LogP contribution in [-0.4, -0.2) is 17.8 Å². The van der Waals surface area contributed by atoms with Crippen LogP contribution in [0.15, 0.2) is 4.99 Å². The molecule has 0 aromatic carbocycles. The number of hydrazine groups is 1. The molecule has 0 aromatic heterocycles. The van der Waals surface area contributed by atoms with Crippen molar-refractivity contribution in [2.75, 3.05) is 6.73 Å². The van der Waals surface area contributed by atoms with E-state index in [1.807, 2.05) is 5.43 Å². The zero-order valence-electron chi connectivity index (χ0n) is 3.76. The first-order chi connectivity index (χ1) is 3.31. The molecule has 5 nitrogen and oxygen atoms in total. The van der Waals surface area contributed by atoms with E-state index in [4.69, 9.17) is 16.7 Å². The Bertz CT molecular complexity index is 70.1. The number of nitrogens with one attached hydrogen (secondary N) is 1. The van der Waals surface area contributed by atoms with E-state index in [1.165, 1.54) is 0 Å². The fourth-order valence-electron chi connectivity index (χ4n) is 0.122. The molecule has 0 bridgehead atoms. The van der Waals surface area contributed by atoms with E-state index in [2.05, 4.69) is 4.99 Å². The highest BCUT2D eigenvalue weighted by atomic mass is 16.3. The molecule has 0 unspecified atom stereocenters. The largest absolute Gasteiger partial charge is 0.374 e. The molecular formula is C2H8N4O. The molecule has 0 aliphatic carbocycles. The molecule has 0 heterocycles. The van der Waals surface area contributed by atoms with Gasteiger partial charge in [0.1, 0.15) is 6.73 Å². The van der Waals surface area contributed by atoms with Crippen molar-refractivity contribution < 1.29 is 5.11 Å². The Labute approximate surface area is 41.0 Å². The van der Waals surface area contributed by atoms with Crippen LogP contribution in [0.2, 0.25) is 0 Å². The molecule has 0 saturated carbocycles. The topological polar surface area (TPSA) is 96.7 Å². The SMILES string of the molecule is NNC(N)=NCO. The maximum absolute atomic E-state index is 8.00. The number of nitrogens with zero attached hydrogens (tertiary/aromatic N) is 1. The third kappa shape index (κ3) is 3.01. The lowest BCUT2D eigenvalue weighted by Crippen LogP contribution is -2.37. The number of hydrogen-bond acceptors (Lipinski definition) is 3. The molecule has 0 radical (unpaired) electrons. The van der Waals surface area contributed by atoms with Crippen molar-refractivity contribution >= 4 is 5.96 Å². The van der Waals surface area contributed by atoms with Crippen LogP contribution in [0.4, 0.5) is 0 Å². The standard InChI is InChI=1S/C2H8N4O/c3-2(6-4)5-1-7/h7H,1,4H2,(H3,3,5,6). The Balaban J connectivity index is 3.29. The lowest BCUT2D eigenvalue weighted by atomic mass is 11.0. The first-order valence-electron chi connectivity index (χ1n) is 1.68. The minimum absolute atomic E-state index is 0.0301. The van der Waals surface area contributed by atoms with Crippen LogP contribution >= 0.6 is 0 Å². The zero-order valence-corrected chi connectivity index (χ0v) is 3.76. The van der Waals surface area contributed by atoms with Gasteiger partial charge < -0.3 is 10.8 Å². The number of aliphatic hydroxyl groups is 1. The first-order valence-corrected chi connectivity index (χ1v) is 1.68. The summed E-state index contributed by atoms with van der Waals surface area (Å²) in [6.45, 7) is -0.337. The predicted molar refractivity (Wildman–Crippen MR) is 26.0 cm³/mol. The lowest BCUT2D eigenvalue weighted by Gasteiger charge is -1.92. The van der Waals surface area contributed by atoms with E-state index in [0.717, 1.165) is 0 Å². The number of aliphatic hydroxyl groups excluding tert-OH is 1. The van der Waals surface area contributed by atoms with Crippen LogP contribution < -0.4 is 17.0 Å². The van der Waals surface area contributed by atoms with Crippen LogP contribution in [0.1, 0.15) is 0 Å². The molecular weight excluding hydrogens is 96.0 g/mol. The summed E-state index contributed by atoms with van der Waals surface area (Å²) in [5, 5.41) is 8.00. The van der Waals surface area contributed by atoms with Crippen LogP contribution in [-0.2, 0) is 0 Å². The van der Waals surface area contributed by atoms with E-state index < -0.39 is 0 Å². The van der Waals surface area contributed by atoms with E-state index >= 15 is 0 Å². The molecule has 5 heteroatoms.